The highest BCUT2D eigenvalue weighted by atomic mass is 16.5. The molecule has 0 saturated heterocycles. The summed E-state index contributed by atoms with van der Waals surface area (Å²) in [6.07, 6.45) is 0.404. The minimum Gasteiger partial charge on any atom is -0.485 e. The van der Waals surface area contributed by atoms with Gasteiger partial charge in [-0.15, -0.1) is 0 Å². The second-order valence-corrected chi connectivity index (χ2v) is 8.11. The largest absolute Gasteiger partial charge is 0.485 e. The van der Waals surface area contributed by atoms with E-state index in [9.17, 15) is 0 Å². The SMILES string of the molecule is CCC(C(Oc1ccc(N)cc1)c1ccccc1)C(Oc1ccc(N)cc1)c1ccccc1. The van der Waals surface area contributed by atoms with E-state index in [2.05, 4.69) is 31.2 Å². The fourth-order valence-corrected chi connectivity index (χ4v) is 4.06. The Morgan fingerprint density at radius 1 is 0.545 bits per heavy atom. The van der Waals surface area contributed by atoms with Gasteiger partial charge in [0, 0.05) is 17.3 Å². The highest BCUT2D eigenvalue weighted by Crippen LogP contribution is 2.41. The molecule has 0 fully saturated rings. The Kier molecular flexibility index (Phi) is 7.16. The van der Waals surface area contributed by atoms with Gasteiger partial charge in [-0.1, -0.05) is 67.6 Å². The zero-order valence-corrected chi connectivity index (χ0v) is 18.8. The average molecular weight is 439 g/mol. The lowest BCUT2D eigenvalue weighted by Crippen LogP contribution is -2.28. The monoisotopic (exact) mass is 438 g/mol. The van der Waals surface area contributed by atoms with Crippen molar-refractivity contribution in [1.82, 2.24) is 0 Å². The van der Waals surface area contributed by atoms with Crippen LogP contribution in [0.3, 0.4) is 0 Å². The molecule has 0 aliphatic heterocycles. The highest BCUT2D eigenvalue weighted by molar-refractivity contribution is 5.43. The van der Waals surface area contributed by atoms with Crippen molar-refractivity contribution in [3.63, 3.8) is 0 Å². The summed E-state index contributed by atoms with van der Waals surface area (Å²) in [6, 6.07) is 35.7. The van der Waals surface area contributed by atoms with Crippen LogP contribution in [0.4, 0.5) is 11.4 Å². The second kappa shape index (κ2) is 10.6. The van der Waals surface area contributed by atoms with E-state index >= 15 is 0 Å². The first-order valence-corrected chi connectivity index (χ1v) is 11.3. The van der Waals surface area contributed by atoms with Gasteiger partial charge in [0.05, 0.1) is 0 Å². The lowest BCUT2D eigenvalue weighted by molar-refractivity contribution is 0.0358. The van der Waals surface area contributed by atoms with Gasteiger partial charge in [0.1, 0.15) is 23.7 Å². The van der Waals surface area contributed by atoms with Gasteiger partial charge in [-0.3, -0.25) is 0 Å². The fourth-order valence-electron chi connectivity index (χ4n) is 4.06. The first kappa shape index (κ1) is 22.3. The molecule has 4 aromatic carbocycles. The predicted molar refractivity (Wildman–Crippen MR) is 135 cm³/mol. The molecule has 4 nitrogen and oxygen atoms in total. The summed E-state index contributed by atoms with van der Waals surface area (Å²) in [5.74, 6) is 1.58. The molecule has 168 valence electrons. The third-order valence-electron chi connectivity index (χ3n) is 5.79. The Labute approximate surface area is 195 Å². The van der Waals surface area contributed by atoms with Crippen LogP contribution in [0.2, 0.25) is 0 Å². The first-order chi connectivity index (χ1) is 16.1. The average Bonchev–Trinajstić information content (AvgIpc) is 2.86. The van der Waals surface area contributed by atoms with Crippen LogP contribution in [0, 0.1) is 5.92 Å². The lowest BCUT2D eigenvalue weighted by Gasteiger charge is -2.34. The Bertz CT molecular complexity index is 1020. The van der Waals surface area contributed by atoms with Crippen molar-refractivity contribution in [3.8, 4) is 11.5 Å². The lowest BCUT2D eigenvalue weighted by atomic mass is 9.85. The zero-order valence-electron chi connectivity index (χ0n) is 18.8. The van der Waals surface area contributed by atoms with Crippen LogP contribution >= 0.6 is 0 Å². The molecule has 0 heterocycles. The van der Waals surface area contributed by atoms with Crippen LogP contribution in [-0.2, 0) is 0 Å². The van der Waals surface area contributed by atoms with Crippen molar-refractivity contribution >= 4 is 11.4 Å². The van der Waals surface area contributed by atoms with Crippen LogP contribution in [0.5, 0.6) is 11.5 Å². The van der Waals surface area contributed by atoms with Gasteiger partial charge in [-0.05, 0) is 66.1 Å². The summed E-state index contributed by atoms with van der Waals surface area (Å²) < 4.78 is 13.2. The smallest absolute Gasteiger partial charge is 0.130 e. The Hall–Kier alpha value is -3.92. The van der Waals surface area contributed by atoms with Crippen LogP contribution < -0.4 is 20.9 Å². The molecular weight excluding hydrogens is 408 g/mol. The van der Waals surface area contributed by atoms with Crippen LogP contribution in [-0.4, -0.2) is 0 Å². The summed E-state index contributed by atoms with van der Waals surface area (Å²) >= 11 is 0. The third-order valence-corrected chi connectivity index (χ3v) is 5.79. The molecule has 4 rings (SSSR count). The maximum atomic E-state index is 6.61. The summed E-state index contributed by atoms with van der Waals surface area (Å²) in [5.41, 5.74) is 15.4. The van der Waals surface area contributed by atoms with E-state index in [1.54, 1.807) is 0 Å². The molecule has 4 heteroatoms. The van der Waals surface area contributed by atoms with Crippen LogP contribution in [0.15, 0.2) is 109 Å². The van der Waals surface area contributed by atoms with Crippen LogP contribution in [0.25, 0.3) is 0 Å². The van der Waals surface area contributed by atoms with E-state index in [0.717, 1.165) is 29.0 Å². The molecule has 33 heavy (non-hydrogen) atoms. The van der Waals surface area contributed by atoms with E-state index in [4.69, 9.17) is 20.9 Å². The van der Waals surface area contributed by atoms with Crippen molar-refractivity contribution in [1.29, 1.82) is 0 Å². The number of hydrogen-bond acceptors (Lipinski definition) is 4. The van der Waals surface area contributed by atoms with Gasteiger partial charge in [0.15, 0.2) is 0 Å². The summed E-state index contributed by atoms with van der Waals surface area (Å²) in [7, 11) is 0. The van der Waals surface area contributed by atoms with Crippen molar-refractivity contribution in [2.45, 2.75) is 25.6 Å². The molecule has 0 aromatic heterocycles. The minimum atomic E-state index is -0.223. The normalized spacial score (nSPS) is 13.6. The molecule has 0 aliphatic rings. The molecule has 0 spiro atoms. The molecule has 0 aliphatic carbocycles. The Balaban J connectivity index is 1.74. The van der Waals surface area contributed by atoms with Crippen molar-refractivity contribution in [2.24, 2.45) is 5.92 Å². The van der Waals surface area contributed by atoms with E-state index in [1.165, 1.54) is 0 Å². The van der Waals surface area contributed by atoms with E-state index in [0.29, 0.717) is 11.4 Å². The molecule has 0 radical (unpaired) electrons. The quantitative estimate of drug-likeness (QED) is 0.281. The maximum absolute atomic E-state index is 6.61. The highest BCUT2D eigenvalue weighted by Gasteiger charge is 2.34. The topological polar surface area (TPSA) is 70.5 Å². The molecule has 2 atom stereocenters. The molecule has 2 unspecified atom stereocenters. The fraction of sp³-hybridized carbons (Fsp3) is 0.172. The molecule has 0 bridgehead atoms. The van der Waals surface area contributed by atoms with Crippen molar-refractivity contribution in [2.75, 3.05) is 11.5 Å². The number of nitrogens with two attached hydrogens (primary N) is 2. The van der Waals surface area contributed by atoms with E-state index in [-0.39, 0.29) is 18.1 Å². The van der Waals surface area contributed by atoms with E-state index in [1.807, 2.05) is 84.9 Å². The number of nitrogen functional groups attached to an aromatic ring is 2. The van der Waals surface area contributed by atoms with Crippen molar-refractivity contribution < 1.29 is 9.47 Å². The molecule has 4 N–H and O–H groups in total. The van der Waals surface area contributed by atoms with Gasteiger partial charge in [-0.25, -0.2) is 0 Å². The van der Waals surface area contributed by atoms with E-state index < -0.39 is 0 Å². The maximum Gasteiger partial charge on any atom is 0.130 e. The number of ether oxygens (including phenoxy) is 2. The van der Waals surface area contributed by atoms with Gasteiger partial charge < -0.3 is 20.9 Å². The predicted octanol–water partition coefficient (Wildman–Crippen LogP) is 6.82. The molecular formula is C29H30N2O2. The minimum absolute atomic E-state index is 0.0323. The molecule has 4 aromatic rings. The Morgan fingerprint density at radius 3 is 1.24 bits per heavy atom. The first-order valence-electron chi connectivity index (χ1n) is 11.3. The standard InChI is InChI=1S/C29H30N2O2/c1-2-27(28(21-9-5-3-6-10-21)32-25-17-13-23(30)14-18-25)29(22-11-7-4-8-12-22)33-26-19-15-24(31)16-20-26/h3-20,27-29H,2,30-31H2,1H3. The second-order valence-electron chi connectivity index (χ2n) is 8.11. The van der Waals surface area contributed by atoms with Crippen molar-refractivity contribution in [3.05, 3.63) is 120 Å². The van der Waals surface area contributed by atoms with Gasteiger partial charge >= 0.3 is 0 Å². The van der Waals surface area contributed by atoms with Gasteiger partial charge in [0.25, 0.3) is 0 Å². The zero-order chi connectivity index (χ0) is 23.0. The Morgan fingerprint density at radius 2 is 0.909 bits per heavy atom. The van der Waals surface area contributed by atoms with Crippen LogP contribution in [0.1, 0.15) is 36.7 Å². The van der Waals surface area contributed by atoms with Gasteiger partial charge in [0.2, 0.25) is 0 Å². The third kappa shape index (κ3) is 5.66. The number of rotatable bonds is 9. The number of benzene rings is 4. The summed E-state index contributed by atoms with van der Waals surface area (Å²) in [6.45, 7) is 2.18. The molecule has 0 saturated carbocycles. The molecule has 0 amide bonds. The van der Waals surface area contributed by atoms with Gasteiger partial charge in [-0.2, -0.15) is 0 Å². The number of hydrogen-bond donors (Lipinski definition) is 2. The number of anilines is 2. The summed E-state index contributed by atoms with van der Waals surface area (Å²) in [4.78, 5) is 0. The summed E-state index contributed by atoms with van der Waals surface area (Å²) in [5, 5.41) is 0.